The molecule has 0 N–H and O–H groups in total. The van der Waals surface area contributed by atoms with Gasteiger partial charge in [-0.3, -0.25) is 4.79 Å². The Kier molecular flexibility index (Phi) is 2.91. The van der Waals surface area contributed by atoms with Crippen molar-refractivity contribution >= 4 is 5.78 Å². The Bertz CT molecular complexity index is 323. The van der Waals surface area contributed by atoms with Crippen LogP contribution in [0, 0.1) is 13.8 Å². The van der Waals surface area contributed by atoms with E-state index in [1.54, 1.807) is 6.92 Å². The number of rotatable bonds is 3. The van der Waals surface area contributed by atoms with Gasteiger partial charge in [0.2, 0.25) is 0 Å². The van der Waals surface area contributed by atoms with E-state index in [9.17, 15) is 4.79 Å². The van der Waals surface area contributed by atoms with Crippen LogP contribution in [0.25, 0.3) is 0 Å². The molecule has 0 bridgehead atoms. The van der Waals surface area contributed by atoms with Gasteiger partial charge in [-0.1, -0.05) is 0 Å². The zero-order chi connectivity index (χ0) is 10.0. The Hall–Kier alpha value is -1.05. The zero-order valence-electron chi connectivity index (χ0n) is 8.85. The molecule has 0 radical (unpaired) electrons. The molecule has 1 aromatic rings. The summed E-state index contributed by atoms with van der Waals surface area (Å²) < 4.78 is 2.23. The first-order valence-electron chi connectivity index (χ1n) is 4.71. The van der Waals surface area contributed by atoms with E-state index >= 15 is 0 Å². The average Bonchev–Trinajstić information content (AvgIpc) is 2.26. The number of carbonyl (C=O) groups excluding carboxylic acids is 1. The number of Topliss-reactive ketones (excluding diaryl/α,β-unsaturated/α-hetero) is 1. The number of nitrogens with zero attached hydrogens (tertiary/aromatic N) is 1. The Morgan fingerprint density at radius 3 is 2.46 bits per heavy atom. The molecule has 2 heteroatoms. The average molecular weight is 179 g/mol. The number of hydrogen-bond acceptors (Lipinski definition) is 1. The van der Waals surface area contributed by atoms with Crippen LogP contribution < -0.4 is 0 Å². The highest BCUT2D eigenvalue weighted by Gasteiger charge is 2.08. The van der Waals surface area contributed by atoms with Gasteiger partial charge in [0.15, 0.2) is 0 Å². The minimum absolute atomic E-state index is 0.233. The smallest absolute Gasteiger partial charge is 0.134 e. The molecular weight excluding hydrogens is 162 g/mol. The quantitative estimate of drug-likeness (QED) is 0.697. The summed E-state index contributed by atoms with van der Waals surface area (Å²) in [6.45, 7) is 8.90. The normalized spacial score (nSPS) is 10.5. The SMILES string of the molecule is CCn1c(C)cc(CC(C)=O)c1C. The molecule has 13 heavy (non-hydrogen) atoms. The number of hydrogen-bond donors (Lipinski definition) is 0. The van der Waals surface area contributed by atoms with Crippen molar-refractivity contribution in [3.63, 3.8) is 0 Å². The molecule has 0 aliphatic heterocycles. The summed E-state index contributed by atoms with van der Waals surface area (Å²) >= 11 is 0. The minimum atomic E-state index is 0.233. The van der Waals surface area contributed by atoms with E-state index < -0.39 is 0 Å². The molecule has 0 aliphatic carbocycles. The summed E-state index contributed by atoms with van der Waals surface area (Å²) in [5, 5.41) is 0. The fraction of sp³-hybridized carbons (Fsp3) is 0.545. The van der Waals surface area contributed by atoms with Crippen LogP contribution >= 0.6 is 0 Å². The standard InChI is InChI=1S/C11H17NO/c1-5-12-8(2)6-11(10(12)4)7-9(3)13/h6H,5,7H2,1-4H3. The van der Waals surface area contributed by atoms with Crippen LogP contribution in [-0.4, -0.2) is 10.4 Å². The van der Waals surface area contributed by atoms with Crippen LogP contribution in [0.1, 0.15) is 30.8 Å². The van der Waals surface area contributed by atoms with Crippen molar-refractivity contribution < 1.29 is 4.79 Å². The van der Waals surface area contributed by atoms with Gasteiger partial charge in [0.25, 0.3) is 0 Å². The molecule has 0 aromatic carbocycles. The lowest BCUT2D eigenvalue weighted by molar-refractivity contribution is -0.116. The summed E-state index contributed by atoms with van der Waals surface area (Å²) in [5.74, 6) is 0.233. The third-order valence-corrected chi connectivity index (χ3v) is 2.43. The molecule has 0 spiro atoms. The minimum Gasteiger partial charge on any atom is -0.349 e. The fourth-order valence-electron chi connectivity index (χ4n) is 1.81. The topological polar surface area (TPSA) is 22.0 Å². The summed E-state index contributed by atoms with van der Waals surface area (Å²) in [6.07, 6.45) is 0.569. The molecule has 0 amide bonds. The first-order valence-corrected chi connectivity index (χ1v) is 4.71. The van der Waals surface area contributed by atoms with E-state index in [0.717, 1.165) is 6.54 Å². The predicted molar refractivity (Wildman–Crippen MR) is 54.0 cm³/mol. The Morgan fingerprint density at radius 2 is 2.08 bits per heavy atom. The first kappa shape index (κ1) is 10.0. The maximum atomic E-state index is 11.0. The van der Waals surface area contributed by atoms with E-state index in [1.165, 1.54) is 17.0 Å². The zero-order valence-corrected chi connectivity index (χ0v) is 8.85. The van der Waals surface area contributed by atoms with E-state index in [4.69, 9.17) is 0 Å². The van der Waals surface area contributed by atoms with Crippen LogP contribution in [0.2, 0.25) is 0 Å². The Morgan fingerprint density at radius 1 is 1.46 bits per heavy atom. The highest BCUT2D eigenvalue weighted by atomic mass is 16.1. The lowest BCUT2D eigenvalue weighted by Gasteiger charge is -2.05. The summed E-state index contributed by atoms with van der Waals surface area (Å²) in [5.41, 5.74) is 3.65. The van der Waals surface area contributed by atoms with Gasteiger partial charge in [-0.2, -0.15) is 0 Å². The predicted octanol–water partition coefficient (Wildman–Crippen LogP) is 2.26. The largest absolute Gasteiger partial charge is 0.349 e. The number of ketones is 1. The second-order valence-corrected chi connectivity index (χ2v) is 3.52. The van der Waals surface area contributed by atoms with Crippen molar-refractivity contribution in [3.05, 3.63) is 23.0 Å². The maximum Gasteiger partial charge on any atom is 0.134 e. The molecule has 2 nitrogen and oxygen atoms in total. The molecule has 72 valence electrons. The van der Waals surface area contributed by atoms with Gasteiger partial charge in [0.1, 0.15) is 5.78 Å². The van der Waals surface area contributed by atoms with Crippen LogP contribution in [-0.2, 0) is 17.8 Å². The Balaban J connectivity index is 3.03. The molecular formula is C11H17NO. The molecule has 0 saturated heterocycles. The number of carbonyl (C=O) groups is 1. The monoisotopic (exact) mass is 179 g/mol. The van der Waals surface area contributed by atoms with Crippen molar-refractivity contribution in [2.45, 2.75) is 40.7 Å². The summed E-state index contributed by atoms with van der Waals surface area (Å²) in [4.78, 5) is 11.0. The van der Waals surface area contributed by atoms with Gasteiger partial charge in [-0.15, -0.1) is 0 Å². The molecule has 1 aromatic heterocycles. The third kappa shape index (κ3) is 2.00. The van der Waals surface area contributed by atoms with Crippen molar-refractivity contribution in [2.75, 3.05) is 0 Å². The van der Waals surface area contributed by atoms with E-state index in [2.05, 4.69) is 31.4 Å². The van der Waals surface area contributed by atoms with Crippen LogP contribution in [0.4, 0.5) is 0 Å². The first-order chi connectivity index (χ1) is 6.06. The van der Waals surface area contributed by atoms with Crippen LogP contribution in [0.3, 0.4) is 0 Å². The van der Waals surface area contributed by atoms with Crippen molar-refractivity contribution in [1.29, 1.82) is 0 Å². The lowest BCUT2D eigenvalue weighted by atomic mass is 10.1. The van der Waals surface area contributed by atoms with Gasteiger partial charge in [-0.25, -0.2) is 0 Å². The number of aryl methyl sites for hydroxylation is 1. The highest BCUT2D eigenvalue weighted by Crippen LogP contribution is 2.15. The van der Waals surface area contributed by atoms with E-state index in [1.807, 2.05) is 0 Å². The van der Waals surface area contributed by atoms with Gasteiger partial charge in [0.05, 0.1) is 0 Å². The van der Waals surface area contributed by atoms with Gasteiger partial charge in [-0.05, 0) is 39.3 Å². The summed E-state index contributed by atoms with van der Waals surface area (Å²) in [6, 6.07) is 2.11. The molecule has 0 aliphatic rings. The Labute approximate surface area is 79.6 Å². The van der Waals surface area contributed by atoms with Gasteiger partial charge >= 0.3 is 0 Å². The molecule has 0 fully saturated rings. The second-order valence-electron chi connectivity index (χ2n) is 3.52. The second kappa shape index (κ2) is 3.77. The molecule has 0 saturated carbocycles. The lowest BCUT2D eigenvalue weighted by Crippen LogP contribution is -2.01. The van der Waals surface area contributed by atoms with E-state index in [-0.39, 0.29) is 5.78 Å². The maximum absolute atomic E-state index is 11.0. The van der Waals surface area contributed by atoms with Crippen LogP contribution in [0.15, 0.2) is 6.07 Å². The van der Waals surface area contributed by atoms with E-state index in [0.29, 0.717) is 6.42 Å². The highest BCUT2D eigenvalue weighted by molar-refractivity contribution is 5.78. The van der Waals surface area contributed by atoms with Crippen molar-refractivity contribution in [2.24, 2.45) is 0 Å². The fourth-order valence-corrected chi connectivity index (χ4v) is 1.81. The molecule has 1 rings (SSSR count). The molecule has 0 unspecified atom stereocenters. The van der Waals surface area contributed by atoms with Crippen molar-refractivity contribution in [3.8, 4) is 0 Å². The summed E-state index contributed by atoms with van der Waals surface area (Å²) in [7, 11) is 0. The van der Waals surface area contributed by atoms with Gasteiger partial charge in [0, 0.05) is 24.4 Å². The van der Waals surface area contributed by atoms with Crippen LogP contribution in [0.5, 0.6) is 0 Å². The van der Waals surface area contributed by atoms with Gasteiger partial charge < -0.3 is 4.57 Å². The number of aromatic nitrogens is 1. The molecule has 1 heterocycles. The molecule has 0 atom stereocenters. The van der Waals surface area contributed by atoms with Crippen molar-refractivity contribution in [1.82, 2.24) is 4.57 Å². The third-order valence-electron chi connectivity index (χ3n) is 2.43.